The Morgan fingerprint density at radius 1 is 1.31 bits per heavy atom. The van der Waals surface area contributed by atoms with Crippen LogP contribution >= 0.6 is 0 Å². The van der Waals surface area contributed by atoms with Gasteiger partial charge in [-0.2, -0.15) is 0 Å². The lowest BCUT2D eigenvalue weighted by molar-refractivity contribution is 0.242. The van der Waals surface area contributed by atoms with Crippen molar-refractivity contribution in [1.29, 1.82) is 0 Å². The number of aliphatic hydroxyl groups excluding tert-OH is 1. The fourth-order valence-corrected chi connectivity index (χ4v) is 1.81. The van der Waals surface area contributed by atoms with Crippen molar-refractivity contribution >= 4 is 0 Å². The fourth-order valence-electron chi connectivity index (χ4n) is 1.81. The van der Waals surface area contributed by atoms with Crippen molar-refractivity contribution in [2.45, 2.75) is 26.1 Å². The Morgan fingerprint density at radius 2 is 1.92 bits per heavy atom. The van der Waals surface area contributed by atoms with Gasteiger partial charge in [0.1, 0.15) is 12.2 Å². The SMILES string of the molecule is Cc1cccc(C)c1C1OC1CO. The summed E-state index contributed by atoms with van der Waals surface area (Å²) >= 11 is 0. The highest BCUT2D eigenvalue weighted by Crippen LogP contribution is 2.41. The first-order valence-corrected chi connectivity index (χ1v) is 4.56. The van der Waals surface area contributed by atoms with E-state index in [0.29, 0.717) is 0 Å². The van der Waals surface area contributed by atoms with E-state index in [1.54, 1.807) is 0 Å². The van der Waals surface area contributed by atoms with Crippen LogP contribution in [0.1, 0.15) is 22.8 Å². The molecule has 1 aromatic rings. The van der Waals surface area contributed by atoms with E-state index in [1.165, 1.54) is 16.7 Å². The Labute approximate surface area is 78.2 Å². The average Bonchev–Trinajstić information content (AvgIpc) is 2.83. The quantitative estimate of drug-likeness (QED) is 0.700. The molecular weight excluding hydrogens is 164 g/mol. The largest absolute Gasteiger partial charge is 0.394 e. The first-order chi connectivity index (χ1) is 6.24. The van der Waals surface area contributed by atoms with E-state index < -0.39 is 0 Å². The second kappa shape index (κ2) is 3.13. The molecular formula is C11H14O2. The summed E-state index contributed by atoms with van der Waals surface area (Å²) in [4.78, 5) is 0. The zero-order valence-corrected chi connectivity index (χ0v) is 7.95. The molecule has 0 amide bonds. The number of benzene rings is 1. The minimum atomic E-state index is 0.0276. The third-order valence-corrected chi connectivity index (χ3v) is 2.59. The van der Waals surface area contributed by atoms with Gasteiger partial charge < -0.3 is 9.84 Å². The predicted octanol–water partition coefficient (Wildman–Crippen LogP) is 1.74. The summed E-state index contributed by atoms with van der Waals surface area (Å²) in [6.07, 6.45) is 0.158. The molecule has 1 fully saturated rings. The van der Waals surface area contributed by atoms with Crippen molar-refractivity contribution in [3.05, 3.63) is 34.9 Å². The standard InChI is InChI=1S/C11H14O2/c1-7-4-3-5-8(2)10(7)11-9(6-12)13-11/h3-5,9,11-12H,6H2,1-2H3. The molecule has 0 aromatic heterocycles. The van der Waals surface area contributed by atoms with Crippen LogP contribution in [-0.4, -0.2) is 17.8 Å². The van der Waals surface area contributed by atoms with Crippen LogP contribution in [0.4, 0.5) is 0 Å². The smallest absolute Gasteiger partial charge is 0.112 e. The second-order valence-electron chi connectivity index (χ2n) is 3.58. The van der Waals surface area contributed by atoms with Crippen molar-refractivity contribution in [3.8, 4) is 0 Å². The van der Waals surface area contributed by atoms with E-state index in [0.717, 1.165) is 0 Å². The molecule has 1 aliphatic rings. The second-order valence-corrected chi connectivity index (χ2v) is 3.58. The number of rotatable bonds is 2. The maximum absolute atomic E-state index is 8.89. The predicted molar refractivity (Wildman–Crippen MR) is 50.6 cm³/mol. The van der Waals surface area contributed by atoms with Gasteiger partial charge in [0.2, 0.25) is 0 Å². The lowest BCUT2D eigenvalue weighted by Gasteiger charge is -2.05. The van der Waals surface area contributed by atoms with Crippen LogP contribution in [-0.2, 0) is 4.74 Å². The maximum atomic E-state index is 8.89. The molecule has 2 nitrogen and oxygen atoms in total. The molecule has 0 saturated carbocycles. The highest BCUT2D eigenvalue weighted by atomic mass is 16.6. The van der Waals surface area contributed by atoms with Gasteiger partial charge in [-0.05, 0) is 30.5 Å². The Balaban J connectivity index is 2.30. The molecule has 1 aromatic carbocycles. The molecule has 1 N–H and O–H groups in total. The molecule has 2 atom stereocenters. The molecule has 2 heteroatoms. The van der Waals surface area contributed by atoms with Crippen molar-refractivity contribution in [1.82, 2.24) is 0 Å². The van der Waals surface area contributed by atoms with Crippen LogP contribution in [0.5, 0.6) is 0 Å². The highest BCUT2D eigenvalue weighted by molar-refractivity contribution is 5.38. The first-order valence-electron chi connectivity index (χ1n) is 4.56. The van der Waals surface area contributed by atoms with Gasteiger partial charge in [-0.3, -0.25) is 0 Å². The van der Waals surface area contributed by atoms with Crippen molar-refractivity contribution in [2.75, 3.05) is 6.61 Å². The molecule has 0 bridgehead atoms. The molecule has 1 saturated heterocycles. The monoisotopic (exact) mass is 178 g/mol. The van der Waals surface area contributed by atoms with Crippen LogP contribution in [0.25, 0.3) is 0 Å². The summed E-state index contributed by atoms with van der Waals surface area (Å²) in [7, 11) is 0. The fraction of sp³-hybridized carbons (Fsp3) is 0.455. The van der Waals surface area contributed by atoms with Gasteiger partial charge in [-0.1, -0.05) is 18.2 Å². The van der Waals surface area contributed by atoms with Crippen LogP contribution in [0, 0.1) is 13.8 Å². The third kappa shape index (κ3) is 1.47. The van der Waals surface area contributed by atoms with Crippen LogP contribution in [0.15, 0.2) is 18.2 Å². The minimum absolute atomic E-state index is 0.0276. The number of aryl methyl sites for hydroxylation is 2. The Bertz CT molecular complexity index is 300. The third-order valence-electron chi connectivity index (χ3n) is 2.59. The molecule has 0 radical (unpaired) electrons. The summed E-state index contributed by atoms with van der Waals surface area (Å²) in [5, 5.41) is 8.89. The highest BCUT2D eigenvalue weighted by Gasteiger charge is 2.40. The zero-order chi connectivity index (χ0) is 9.42. The zero-order valence-electron chi connectivity index (χ0n) is 7.95. The van der Waals surface area contributed by atoms with E-state index in [9.17, 15) is 0 Å². The van der Waals surface area contributed by atoms with Crippen molar-refractivity contribution in [2.24, 2.45) is 0 Å². The molecule has 0 aliphatic carbocycles. The Kier molecular flexibility index (Phi) is 2.10. The van der Waals surface area contributed by atoms with E-state index in [4.69, 9.17) is 9.84 Å². The summed E-state index contributed by atoms with van der Waals surface area (Å²) in [6.45, 7) is 4.29. The van der Waals surface area contributed by atoms with Gasteiger partial charge in [0.05, 0.1) is 6.61 Å². The lowest BCUT2D eigenvalue weighted by atomic mass is 9.99. The van der Waals surface area contributed by atoms with E-state index in [1.807, 2.05) is 6.07 Å². The molecule has 13 heavy (non-hydrogen) atoms. The minimum Gasteiger partial charge on any atom is -0.394 e. The molecule has 70 valence electrons. The molecule has 2 rings (SSSR count). The average molecular weight is 178 g/mol. The maximum Gasteiger partial charge on any atom is 0.112 e. The van der Waals surface area contributed by atoms with Gasteiger partial charge in [0.15, 0.2) is 0 Å². The molecule has 0 spiro atoms. The van der Waals surface area contributed by atoms with Gasteiger partial charge in [0.25, 0.3) is 0 Å². The molecule has 2 unspecified atom stereocenters. The summed E-state index contributed by atoms with van der Waals surface area (Å²) < 4.78 is 5.36. The van der Waals surface area contributed by atoms with Crippen LogP contribution in [0.3, 0.4) is 0 Å². The van der Waals surface area contributed by atoms with Crippen molar-refractivity contribution in [3.63, 3.8) is 0 Å². The van der Waals surface area contributed by atoms with Gasteiger partial charge in [-0.25, -0.2) is 0 Å². The van der Waals surface area contributed by atoms with E-state index >= 15 is 0 Å². The Hall–Kier alpha value is -0.860. The summed E-state index contributed by atoms with van der Waals surface area (Å²) in [5.74, 6) is 0. The topological polar surface area (TPSA) is 32.8 Å². The van der Waals surface area contributed by atoms with Crippen LogP contribution < -0.4 is 0 Å². The van der Waals surface area contributed by atoms with Gasteiger partial charge in [0, 0.05) is 0 Å². The number of epoxide rings is 1. The number of hydrogen-bond donors (Lipinski definition) is 1. The summed E-state index contributed by atoms with van der Waals surface area (Å²) in [5.41, 5.74) is 3.75. The summed E-state index contributed by atoms with van der Waals surface area (Å²) in [6, 6.07) is 6.21. The first kappa shape index (κ1) is 8.73. The normalized spacial score (nSPS) is 26.1. The van der Waals surface area contributed by atoms with E-state index in [2.05, 4.69) is 26.0 Å². The molecule has 1 aliphatic heterocycles. The van der Waals surface area contributed by atoms with Gasteiger partial charge >= 0.3 is 0 Å². The van der Waals surface area contributed by atoms with Gasteiger partial charge in [-0.15, -0.1) is 0 Å². The van der Waals surface area contributed by atoms with E-state index in [-0.39, 0.29) is 18.8 Å². The number of hydrogen-bond acceptors (Lipinski definition) is 2. The Morgan fingerprint density at radius 3 is 2.38 bits per heavy atom. The van der Waals surface area contributed by atoms with Crippen LogP contribution in [0.2, 0.25) is 0 Å². The molecule has 1 heterocycles. The van der Waals surface area contributed by atoms with Crippen molar-refractivity contribution < 1.29 is 9.84 Å². The lowest BCUT2D eigenvalue weighted by Crippen LogP contribution is -1.98. The number of ether oxygens (including phenoxy) is 1. The number of aliphatic hydroxyl groups is 1.